The molecule has 0 amide bonds. The van der Waals surface area contributed by atoms with Crippen LogP contribution < -0.4 is 11.3 Å². The minimum Gasteiger partial charge on any atom is -0.381 e. The summed E-state index contributed by atoms with van der Waals surface area (Å²) in [6.07, 6.45) is 2.21. The fourth-order valence-electron chi connectivity index (χ4n) is 1.53. The van der Waals surface area contributed by atoms with E-state index >= 15 is 0 Å². The van der Waals surface area contributed by atoms with E-state index in [9.17, 15) is 0 Å². The highest BCUT2D eigenvalue weighted by Crippen LogP contribution is 2.28. The monoisotopic (exact) mass is 225 g/mol. The molecule has 1 aromatic heterocycles. The largest absolute Gasteiger partial charge is 0.381 e. The Kier molecular flexibility index (Phi) is 3.82. The predicted molar refractivity (Wildman–Crippen MR) is 61.7 cm³/mol. The molecule has 82 valence electrons. The zero-order valence-electron chi connectivity index (χ0n) is 8.48. The molecule has 0 radical (unpaired) electrons. The van der Waals surface area contributed by atoms with Crippen molar-refractivity contribution in [3.8, 4) is 0 Å². The van der Waals surface area contributed by atoms with Gasteiger partial charge in [-0.2, -0.15) is 0 Å². The van der Waals surface area contributed by atoms with Crippen LogP contribution in [0.25, 0.3) is 0 Å². The maximum absolute atomic E-state index is 5.32. The highest BCUT2D eigenvalue weighted by Gasteiger charge is 2.15. The summed E-state index contributed by atoms with van der Waals surface area (Å²) in [6, 6.07) is 5.83. The van der Waals surface area contributed by atoms with Crippen molar-refractivity contribution in [3.63, 3.8) is 0 Å². The summed E-state index contributed by atoms with van der Waals surface area (Å²) in [6.45, 7) is 1.74. The van der Waals surface area contributed by atoms with Gasteiger partial charge in [0.05, 0.1) is 5.03 Å². The van der Waals surface area contributed by atoms with E-state index in [4.69, 9.17) is 10.6 Å². The van der Waals surface area contributed by atoms with Gasteiger partial charge in [-0.3, -0.25) is 0 Å². The number of nitrogens with two attached hydrogens (primary N) is 1. The minimum atomic E-state index is 0.624. The van der Waals surface area contributed by atoms with Crippen LogP contribution in [0.5, 0.6) is 0 Å². The lowest BCUT2D eigenvalue weighted by Gasteiger charge is -2.20. The van der Waals surface area contributed by atoms with Gasteiger partial charge in [0.25, 0.3) is 0 Å². The fraction of sp³-hybridized carbons (Fsp3) is 0.500. The van der Waals surface area contributed by atoms with Gasteiger partial charge in [0.1, 0.15) is 5.82 Å². The predicted octanol–water partition coefficient (Wildman–Crippen LogP) is 1.64. The third kappa shape index (κ3) is 3.09. The fourth-order valence-corrected chi connectivity index (χ4v) is 2.60. The number of nitrogens with zero attached hydrogens (tertiary/aromatic N) is 1. The van der Waals surface area contributed by atoms with Gasteiger partial charge in [-0.1, -0.05) is 6.07 Å². The number of hydrogen-bond donors (Lipinski definition) is 2. The molecule has 3 N–H and O–H groups in total. The molecule has 1 aromatic rings. The Balaban J connectivity index is 1.96. The number of ether oxygens (including phenoxy) is 1. The average molecular weight is 225 g/mol. The first-order valence-corrected chi connectivity index (χ1v) is 5.94. The van der Waals surface area contributed by atoms with Crippen molar-refractivity contribution < 1.29 is 4.74 Å². The summed E-state index contributed by atoms with van der Waals surface area (Å²) in [7, 11) is 0. The molecule has 1 saturated heterocycles. The highest BCUT2D eigenvalue weighted by atomic mass is 32.2. The lowest BCUT2D eigenvalue weighted by Crippen LogP contribution is -2.17. The Morgan fingerprint density at radius 3 is 2.93 bits per heavy atom. The zero-order valence-corrected chi connectivity index (χ0v) is 9.30. The normalized spacial score (nSPS) is 17.7. The lowest BCUT2D eigenvalue weighted by molar-refractivity contribution is 0.1000. The van der Waals surface area contributed by atoms with Gasteiger partial charge in [-0.15, -0.1) is 11.8 Å². The van der Waals surface area contributed by atoms with E-state index < -0.39 is 0 Å². The van der Waals surface area contributed by atoms with Crippen molar-refractivity contribution in [3.05, 3.63) is 18.2 Å². The number of hydrogen-bond acceptors (Lipinski definition) is 5. The second kappa shape index (κ2) is 5.34. The number of nitrogens with one attached hydrogen (secondary N) is 1. The van der Waals surface area contributed by atoms with Crippen molar-refractivity contribution in [2.45, 2.75) is 23.1 Å². The third-order valence-corrected chi connectivity index (χ3v) is 3.60. The molecule has 0 bridgehead atoms. The van der Waals surface area contributed by atoms with Crippen molar-refractivity contribution in [1.82, 2.24) is 4.98 Å². The summed E-state index contributed by atoms with van der Waals surface area (Å²) >= 11 is 1.81. The van der Waals surface area contributed by atoms with E-state index in [1.165, 1.54) is 0 Å². The van der Waals surface area contributed by atoms with Gasteiger partial charge in [0.2, 0.25) is 0 Å². The number of anilines is 1. The van der Waals surface area contributed by atoms with E-state index in [1.54, 1.807) is 0 Å². The van der Waals surface area contributed by atoms with Gasteiger partial charge in [0, 0.05) is 18.5 Å². The summed E-state index contributed by atoms with van der Waals surface area (Å²) in [4.78, 5) is 4.37. The molecule has 0 spiro atoms. The number of thioether (sulfide) groups is 1. The zero-order chi connectivity index (χ0) is 10.5. The number of pyridine rings is 1. The van der Waals surface area contributed by atoms with Crippen LogP contribution in [-0.2, 0) is 4.74 Å². The summed E-state index contributed by atoms with van der Waals surface area (Å²) < 4.78 is 5.32. The quantitative estimate of drug-likeness (QED) is 0.605. The van der Waals surface area contributed by atoms with Gasteiger partial charge < -0.3 is 10.2 Å². The molecule has 0 aliphatic carbocycles. The molecular formula is C10H15N3OS. The Morgan fingerprint density at radius 2 is 2.20 bits per heavy atom. The number of nitrogen functional groups attached to an aromatic ring is 1. The first-order chi connectivity index (χ1) is 7.38. The summed E-state index contributed by atoms with van der Waals surface area (Å²) in [5.74, 6) is 6.02. The third-order valence-electron chi connectivity index (χ3n) is 2.33. The van der Waals surface area contributed by atoms with Gasteiger partial charge >= 0.3 is 0 Å². The van der Waals surface area contributed by atoms with Crippen molar-refractivity contribution in [1.29, 1.82) is 0 Å². The Hall–Kier alpha value is -0.780. The molecule has 1 aliphatic rings. The van der Waals surface area contributed by atoms with E-state index in [0.29, 0.717) is 11.1 Å². The maximum Gasteiger partial charge on any atom is 0.141 e. The Labute approximate surface area is 93.6 Å². The van der Waals surface area contributed by atoms with Gasteiger partial charge in [0.15, 0.2) is 0 Å². The van der Waals surface area contributed by atoms with Crippen LogP contribution >= 0.6 is 11.8 Å². The van der Waals surface area contributed by atoms with Crippen LogP contribution in [0.4, 0.5) is 5.82 Å². The SMILES string of the molecule is NNc1cccc(SC2CCOCC2)n1. The number of hydrazine groups is 1. The molecule has 15 heavy (non-hydrogen) atoms. The molecule has 2 heterocycles. The first kappa shape index (κ1) is 10.7. The molecule has 1 aliphatic heterocycles. The lowest BCUT2D eigenvalue weighted by atomic mass is 10.2. The molecule has 2 rings (SSSR count). The van der Waals surface area contributed by atoms with Crippen LogP contribution in [0.2, 0.25) is 0 Å². The molecule has 5 heteroatoms. The molecule has 0 unspecified atom stereocenters. The molecule has 4 nitrogen and oxygen atoms in total. The van der Waals surface area contributed by atoms with Crippen molar-refractivity contribution in [2.75, 3.05) is 18.6 Å². The molecule has 0 aromatic carbocycles. The first-order valence-electron chi connectivity index (χ1n) is 5.06. The standard InChI is InChI=1S/C10H15N3OS/c11-13-9-2-1-3-10(12-9)15-8-4-6-14-7-5-8/h1-3,8H,4-7,11H2,(H,12,13). The van der Waals surface area contributed by atoms with Crippen LogP contribution in [0.1, 0.15) is 12.8 Å². The van der Waals surface area contributed by atoms with Crippen molar-refractivity contribution in [2.24, 2.45) is 5.84 Å². The molecule has 0 atom stereocenters. The van der Waals surface area contributed by atoms with Crippen molar-refractivity contribution >= 4 is 17.6 Å². The minimum absolute atomic E-state index is 0.624. The molecular weight excluding hydrogens is 210 g/mol. The maximum atomic E-state index is 5.32. The molecule has 1 fully saturated rings. The Morgan fingerprint density at radius 1 is 1.40 bits per heavy atom. The highest BCUT2D eigenvalue weighted by molar-refractivity contribution is 7.99. The topological polar surface area (TPSA) is 60.2 Å². The summed E-state index contributed by atoms with van der Waals surface area (Å²) in [5, 5.41) is 1.65. The van der Waals surface area contributed by atoms with E-state index in [2.05, 4.69) is 10.4 Å². The molecule has 0 saturated carbocycles. The number of aromatic nitrogens is 1. The smallest absolute Gasteiger partial charge is 0.141 e. The van der Waals surface area contributed by atoms with E-state index in [1.807, 2.05) is 30.0 Å². The van der Waals surface area contributed by atoms with Gasteiger partial charge in [-0.05, 0) is 25.0 Å². The van der Waals surface area contributed by atoms with Crippen LogP contribution in [0.3, 0.4) is 0 Å². The second-order valence-corrected chi connectivity index (χ2v) is 4.76. The van der Waals surface area contributed by atoms with E-state index in [-0.39, 0.29) is 0 Å². The van der Waals surface area contributed by atoms with Crippen LogP contribution in [-0.4, -0.2) is 23.4 Å². The van der Waals surface area contributed by atoms with E-state index in [0.717, 1.165) is 31.1 Å². The van der Waals surface area contributed by atoms with Gasteiger partial charge in [-0.25, -0.2) is 10.8 Å². The average Bonchev–Trinajstić information content (AvgIpc) is 2.31. The van der Waals surface area contributed by atoms with Crippen LogP contribution in [0.15, 0.2) is 23.2 Å². The van der Waals surface area contributed by atoms with Crippen LogP contribution in [0, 0.1) is 0 Å². The second-order valence-electron chi connectivity index (χ2n) is 3.43. The number of rotatable bonds is 3. The summed E-state index contributed by atoms with van der Waals surface area (Å²) in [5.41, 5.74) is 2.56. The Bertz CT molecular complexity index is 315.